The average Bonchev–Trinajstić information content (AvgIpc) is 2.19. The van der Waals surface area contributed by atoms with Crippen molar-refractivity contribution in [2.75, 3.05) is 26.0 Å². The second kappa shape index (κ2) is 3.30. The van der Waals surface area contributed by atoms with E-state index < -0.39 is 0 Å². The van der Waals surface area contributed by atoms with Crippen molar-refractivity contribution < 1.29 is 4.79 Å². The lowest BCUT2D eigenvalue weighted by Crippen LogP contribution is -2.31. The van der Waals surface area contributed by atoms with Gasteiger partial charge >= 0.3 is 6.03 Å². The minimum Gasteiger partial charge on any atom is -0.323 e. The minimum absolute atomic E-state index is 0.0955. The predicted molar refractivity (Wildman–Crippen MR) is 44.9 cm³/mol. The zero-order valence-corrected chi connectivity index (χ0v) is 7.64. The SMILES string of the molecule is CC1CN(CCCl)C(=O)N1C. The quantitative estimate of drug-likeness (QED) is 0.576. The first-order chi connectivity index (χ1) is 5.16. The van der Waals surface area contributed by atoms with Crippen LogP contribution in [0, 0.1) is 0 Å². The molecule has 0 N–H and O–H groups in total. The van der Waals surface area contributed by atoms with Crippen molar-refractivity contribution in [2.24, 2.45) is 0 Å². The van der Waals surface area contributed by atoms with E-state index in [2.05, 4.69) is 0 Å². The van der Waals surface area contributed by atoms with Gasteiger partial charge in [0.2, 0.25) is 0 Å². The molecule has 1 aliphatic rings. The summed E-state index contributed by atoms with van der Waals surface area (Å²) in [6, 6.07) is 0.420. The summed E-state index contributed by atoms with van der Waals surface area (Å²) in [7, 11) is 1.82. The second-order valence-corrected chi connectivity index (χ2v) is 3.26. The molecule has 64 valence electrons. The van der Waals surface area contributed by atoms with E-state index in [1.165, 1.54) is 0 Å². The predicted octanol–water partition coefficient (Wildman–Crippen LogP) is 0.981. The van der Waals surface area contributed by atoms with E-state index in [9.17, 15) is 4.79 Å². The van der Waals surface area contributed by atoms with Gasteiger partial charge in [-0.3, -0.25) is 0 Å². The summed E-state index contributed by atoms with van der Waals surface area (Å²) in [5.74, 6) is 0.520. The van der Waals surface area contributed by atoms with Gasteiger partial charge < -0.3 is 9.80 Å². The molecule has 4 heteroatoms. The first-order valence-corrected chi connectivity index (χ1v) is 4.28. The third kappa shape index (κ3) is 1.59. The molecule has 0 aromatic carbocycles. The van der Waals surface area contributed by atoms with Crippen molar-refractivity contribution in [1.82, 2.24) is 9.80 Å². The summed E-state index contributed by atoms with van der Waals surface area (Å²) in [6.07, 6.45) is 0. The lowest BCUT2D eigenvalue weighted by atomic mass is 10.3. The Morgan fingerprint density at radius 1 is 1.73 bits per heavy atom. The fraction of sp³-hybridized carbons (Fsp3) is 0.857. The first-order valence-electron chi connectivity index (χ1n) is 3.74. The number of carbonyl (C=O) groups excluding carboxylic acids is 1. The summed E-state index contributed by atoms with van der Waals surface area (Å²) >= 11 is 5.53. The summed E-state index contributed by atoms with van der Waals surface area (Å²) in [6.45, 7) is 3.50. The monoisotopic (exact) mass is 176 g/mol. The summed E-state index contributed by atoms with van der Waals surface area (Å²) < 4.78 is 0. The highest BCUT2D eigenvalue weighted by atomic mass is 35.5. The highest BCUT2D eigenvalue weighted by Crippen LogP contribution is 2.12. The van der Waals surface area contributed by atoms with E-state index in [0.29, 0.717) is 18.5 Å². The number of carbonyl (C=O) groups is 1. The Morgan fingerprint density at radius 2 is 2.36 bits per heavy atom. The van der Waals surface area contributed by atoms with Gasteiger partial charge in [-0.25, -0.2) is 4.79 Å². The Labute approximate surface area is 71.9 Å². The minimum atomic E-state index is 0.0955. The number of hydrogen-bond donors (Lipinski definition) is 0. The van der Waals surface area contributed by atoms with Gasteiger partial charge in [0.05, 0.1) is 0 Å². The second-order valence-electron chi connectivity index (χ2n) is 2.88. The van der Waals surface area contributed by atoms with Gasteiger partial charge in [0.15, 0.2) is 0 Å². The zero-order valence-electron chi connectivity index (χ0n) is 6.88. The van der Waals surface area contributed by atoms with E-state index in [1.54, 1.807) is 9.80 Å². The molecule has 1 unspecified atom stereocenters. The summed E-state index contributed by atoms with van der Waals surface area (Å²) in [4.78, 5) is 14.8. The van der Waals surface area contributed by atoms with Crippen LogP contribution in [0.3, 0.4) is 0 Å². The summed E-state index contributed by atoms with van der Waals surface area (Å²) in [5, 5.41) is 0. The number of urea groups is 1. The lowest BCUT2D eigenvalue weighted by Gasteiger charge is -2.13. The molecule has 0 saturated carbocycles. The van der Waals surface area contributed by atoms with Gasteiger partial charge in [0.1, 0.15) is 0 Å². The van der Waals surface area contributed by atoms with Crippen LogP contribution in [0.2, 0.25) is 0 Å². The smallest absolute Gasteiger partial charge is 0.320 e. The zero-order chi connectivity index (χ0) is 8.43. The largest absolute Gasteiger partial charge is 0.323 e. The van der Waals surface area contributed by atoms with Crippen molar-refractivity contribution in [2.45, 2.75) is 13.0 Å². The van der Waals surface area contributed by atoms with Crippen molar-refractivity contribution in [3.8, 4) is 0 Å². The van der Waals surface area contributed by atoms with Crippen LogP contribution in [0.1, 0.15) is 6.92 Å². The molecule has 0 radical (unpaired) electrons. The fourth-order valence-electron chi connectivity index (χ4n) is 1.22. The highest BCUT2D eigenvalue weighted by Gasteiger charge is 2.30. The normalized spacial score (nSPS) is 25.0. The van der Waals surface area contributed by atoms with Crippen LogP contribution >= 0.6 is 11.6 Å². The maximum absolute atomic E-state index is 11.3. The molecule has 3 nitrogen and oxygen atoms in total. The first kappa shape index (κ1) is 8.65. The Morgan fingerprint density at radius 3 is 2.73 bits per heavy atom. The topological polar surface area (TPSA) is 23.6 Å². The third-order valence-electron chi connectivity index (χ3n) is 2.07. The molecule has 0 aromatic heterocycles. The van der Waals surface area contributed by atoms with Crippen LogP contribution in [0.4, 0.5) is 4.79 Å². The van der Waals surface area contributed by atoms with Crippen LogP contribution in [0.15, 0.2) is 0 Å². The lowest BCUT2D eigenvalue weighted by molar-refractivity contribution is 0.198. The van der Waals surface area contributed by atoms with Crippen molar-refractivity contribution in [3.63, 3.8) is 0 Å². The van der Waals surface area contributed by atoms with Crippen molar-refractivity contribution in [1.29, 1.82) is 0 Å². The van der Waals surface area contributed by atoms with Crippen LogP contribution < -0.4 is 0 Å². The number of nitrogens with zero attached hydrogens (tertiary/aromatic N) is 2. The Kier molecular flexibility index (Phi) is 2.60. The van der Waals surface area contributed by atoms with E-state index in [4.69, 9.17) is 11.6 Å². The Bertz CT molecular complexity index is 163. The van der Waals surface area contributed by atoms with Crippen LogP contribution in [-0.4, -0.2) is 47.9 Å². The molecule has 1 rings (SSSR count). The molecule has 2 amide bonds. The average molecular weight is 177 g/mol. The number of alkyl halides is 1. The molecule has 11 heavy (non-hydrogen) atoms. The van der Waals surface area contributed by atoms with Gasteiger partial charge in [0.25, 0.3) is 0 Å². The molecule has 1 heterocycles. The van der Waals surface area contributed by atoms with E-state index in [0.717, 1.165) is 6.54 Å². The molecule has 1 saturated heterocycles. The molecule has 1 fully saturated rings. The van der Waals surface area contributed by atoms with E-state index >= 15 is 0 Å². The van der Waals surface area contributed by atoms with Gasteiger partial charge in [-0.1, -0.05) is 0 Å². The van der Waals surface area contributed by atoms with Gasteiger partial charge in [-0.2, -0.15) is 0 Å². The van der Waals surface area contributed by atoms with Crippen LogP contribution in [0.5, 0.6) is 0 Å². The Hall–Kier alpha value is -0.440. The highest BCUT2D eigenvalue weighted by molar-refractivity contribution is 6.18. The Balaban J connectivity index is 2.52. The molecule has 1 aliphatic heterocycles. The van der Waals surface area contributed by atoms with Gasteiger partial charge in [-0.15, -0.1) is 11.6 Å². The number of halogens is 1. The third-order valence-corrected chi connectivity index (χ3v) is 2.24. The molecular formula is C7H13ClN2O. The van der Waals surface area contributed by atoms with Crippen molar-refractivity contribution in [3.05, 3.63) is 0 Å². The van der Waals surface area contributed by atoms with E-state index in [1.807, 2.05) is 14.0 Å². The fourth-order valence-corrected chi connectivity index (χ4v) is 1.42. The standard InChI is InChI=1S/C7H13ClN2O/c1-6-5-10(4-3-8)7(11)9(6)2/h6H,3-5H2,1-2H3. The van der Waals surface area contributed by atoms with Crippen molar-refractivity contribution >= 4 is 17.6 Å². The summed E-state index contributed by atoms with van der Waals surface area (Å²) in [5.41, 5.74) is 0. The molecule has 0 aromatic rings. The molecule has 1 atom stereocenters. The molecule has 0 bridgehead atoms. The number of rotatable bonds is 2. The molecule has 0 aliphatic carbocycles. The maximum atomic E-state index is 11.3. The number of amides is 2. The van der Waals surface area contributed by atoms with Gasteiger partial charge in [-0.05, 0) is 6.92 Å². The molecule has 0 spiro atoms. The maximum Gasteiger partial charge on any atom is 0.320 e. The van der Waals surface area contributed by atoms with Crippen LogP contribution in [-0.2, 0) is 0 Å². The molecular weight excluding hydrogens is 164 g/mol. The van der Waals surface area contributed by atoms with Crippen LogP contribution in [0.25, 0.3) is 0 Å². The van der Waals surface area contributed by atoms with Gasteiger partial charge in [0, 0.05) is 32.1 Å². The van der Waals surface area contributed by atoms with E-state index in [-0.39, 0.29) is 6.03 Å². The number of likely N-dealkylation sites (N-methyl/N-ethyl adjacent to an activating group) is 1. The number of hydrogen-bond acceptors (Lipinski definition) is 1.